The third-order valence-corrected chi connectivity index (χ3v) is 2.58. The quantitative estimate of drug-likeness (QED) is 0.845. The molecular formula is C15H21NO5. The molecule has 1 aromatic rings. The van der Waals surface area contributed by atoms with Gasteiger partial charge in [0.25, 0.3) is 0 Å². The summed E-state index contributed by atoms with van der Waals surface area (Å²) in [5.41, 5.74) is -0.145. The Morgan fingerprint density at radius 2 is 1.90 bits per heavy atom. The van der Waals surface area contributed by atoms with Gasteiger partial charge in [0.1, 0.15) is 29.4 Å². The van der Waals surface area contributed by atoms with Gasteiger partial charge in [0.15, 0.2) is 0 Å². The van der Waals surface area contributed by atoms with Crippen molar-refractivity contribution in [1.29, 1.82) is 0 Å². The molecule has 0 aliphatic rings. The zero-order valence-corrected chi connectivity index (χ0v) is 12.9. The van der Waals surface area contributed by atoms with Crippen LogP contribution in [0.15, 0.2) is 18.2 Å². The Morgan fingerprint density at radius 1 is 1.24 bits per heavy atom. The van der Waals surface area contributed by atoms with Crippen molar-refractivity contribution in [3.63, 3.8) is 0 Å². The SMILES string of the molecule is COc1ccc(OC)c(C(C=O)NC(=O)OC(C)(C)C)c1. The van der Waals surface area contributed by atoms with Crippen molar-refractivity contribution < 1.29 is 23.8 Å². The number of methoxy groups -OCH3 is 2. The van der Waals surface area contributed by atoms with Crippen LogP contribution < -0.4 is 14.8 Å². The first-order valence-corrected chi connectivity index (χ1v) is 6.47. The summed E-state index contributed by atoms with van der Waals surface area (Å²) in [4.78, 5) is 23.1. The molecule has 1 unspecified atom stereocenters. The summed E-state index contributed by atoms with van der Waals surface area (Å²) >= 11 is 0. The van der Waals surface area contributed by atoms with E-state index < -0.39 is 17.7 Å². The van der Waals surface area contributed by atoms with Crippen LogP contribution >= 0.6 is 0 Å². The van der Waals surface area contributed by atoms with E-state index in [1.165, 1.54) is 14.2 Å². The Morgan fingerprint density at radius 3 is 2.38 bits per heavy atom. The highest BCUT2D eigenvalue weighted by atomic mass is 16.6. The minimum absolute atomic E-state index is 0.476. The molecule has 0 aliphatic heterocycles. The van der Waals surface area contributed by atoms with Crippen molar-refractivity contribution in [3.8, 4) is 11.5 Å². The van der Waals surface area contributed by atoms with Crippen molar-refractivity contribution in [3.05, 3.63) is 23.8 Å². The van der Waals surface area contributed by atoms with Gasteiger partial charge in [0, 0.05) is 5.56 Å². The smallest absolute Gasteiger partial charge is 0.408 e. The Kier molecular flexibility index (Phi) is 5.58. The molecule has 1 aromatic carbocycles. The summed E-state index contributed by atoms with van der Waals surface area (Å²) in [7, 11) is 3.00. The van der Waals surface area contributed by atoms with Gasteiger partial charge < -0.3 is 24.3 Å². The number of benzene rings is 1. The second-order valence-electron chi connectivity index (χ2n) is 5.37. The van der Waals surface area contributed by atoms with Crippen LogP contribution in [-0.2, 0) is 9.53 Å². The predicted octanol–water partition coefficient (Wildman–Crippen LogP) is 2.47. The summed E-state index contributed by atoms with van der Waals surface area (Å²) in [5.74, 6) is 1.03. The fraction of sp³-hybridized carbons (Fsp3) is 0.467. The second-order valence-corrected chi connectivity index (χ2v) is 5.37. The van der Waals surface area contributed by atoms with E-state index >= 15 is 0 Å². The molecule has 0 spiro atoms. The van der Waals surface area contributed by atoms with Gasteiger partial charge in [-0.05, 0) is 39.0 Å². The average Bonchev–Trinajstić information content (AvgIpc) is 2.42. The lowest BCUT2D eigenvalue weighted by Crippen LogP contribution is -2.35. The molecule has 6 nitrogen and oxygen atoms in total. The number of ether oxygens (including phenoxy) is 3. The van der Waals surface area contributed by atoms with Gasteiger partial charge in [-0.25, -0.2) is 4.79 Å². The molecule has 116 valence electrons. The minimum atomic E-state index is -0.884. The van der Waals surface area contributed by atoms with Crippen molar-refractivity contribution in [2.24, 2.45) is 0 Å². The molecule has 1 atom stereocenters. The lowest BCUT2D eigenvalue weighted by atomic mass is 10.1. The first-order chi connectivity index (χ1) is 9.80. The molecule has 1 N–H and O–H groups in total. The number of hydrogen-bond acceptors (Lipinski definition) is 5. The Hall–Kier alpha value is -2.24. The molecule has 0 saturated carbocycles. The van der Waals surface area contributed by atoms with E-state index in [0.717, 1.165) is 0 Å². The monoisotopic (exact) mass is 295 g/mol. The van der Waals surface area contributed by atoms with E-state index in [1.807, 2.05) is 0 Å². The van der Waals surface area contributed by atoms with Crippen LogP contribution in [0.4, 0.5) is 4.79 Å². The molecule has 1 rings (SSSR count). The highest BCUT2D eigenvalue weighted by molar-refractivity contribution is 5.75. The number of carbonyl (C=O) groups excluding carboxylic acids is 2. The van der Waals surface area contributed by atoms with E-state index in [4.69, 9.17) is 14.2 Å². The fourth-order valence-corrected chi connectivity index (χ4v) is 1.70. The number of carbonyl (C=O) groups is 2. The summed E-state index contributed by atoms with van der Waals surface area (Å²) in [6.07, 6.45) is -0.0641. The van der Waals surface area contributed by atoms with Crippen molar-refractivity contribution in [2.75, 3.05) is 14.2 Å². The number of rotatable bonds is 5. The highest BCUT2D eigenvalue weighted by Gasteiger charge is 2.22. The van der Waals surface area contributed by atoms with Crippen molar-refractivity contribution in [1.82, 2.24) is 5.32 Å². The van der Waals surface area contributed by atoms with Crippen LogP contribution in [0.3, 0.4) is 0 Å². The molecule has 0 aromatic heterocycles. The van der Waals surface area contributed by atoms with Crippen molar-refractivity contribution in [2.45, 2.75) is 32.4 Å². The summed E-state index contributed by atoms with van der Waals surface area (Å²) in [5, 5.41) is 2.50. The van der Waals surface area contributed by atoms with Gasteiger partial charge in [-0.1, -0.05) is 0 Å². The maximum absolute atomic E-state index is 11.8. The number of aldehydes is 1. The molecule has 0 fully saturated rings. The lowest BCUT2D eigenvalue weighted by molar-refractivity contribution is -0.109. The first kappa shape index (κ1) is 16.8. The van der Waals surface area contributed by atoms with Gasteiger partial charge in [0.2, 0.25) is 0 Å². The summed E-state index contributed by atoms with van der Waals surface area (Å²) < 4.78 is 15.5. The Balaban J connectivity index is 2.99. The van der Waals surface area contributed by atoms with E-state index in [-0.39, 0.29) is 0 Å². The molecule has 0 heterocycles. The summed E-state index contributed by atoms with van der Waals surface area (Å²) in [6.45, 7) is 5.23. The molecule has 0 radical (unpaired) electrons. The standard InChI is InChI=1S/C15H21NO5/c1-15(2,3)21-14(18)16-12(9-17)11-8-10(19-4)6-7-13(11)20-5/h6-9,12H,1-5H3,(H,16,18). The molecule has 0 bridgehead atoms. The van der Waals surface area contributed by atoms with Crippen LogP contribution in [-0.4, -0.2) is 32.2 Å². The molecule has 0 saturated heterocycles. The van der Waals surface area contributed by atoms with Crippen LogP contribution in [0.1, 0.15) is 32.4 Å². The van der Waals surface area contributed by atoms with E-state index in [2.05, 4.69) is 5.32 Å². The number of amides is 1. The van der Waals surface area contributed by atoms with Gasteiger partial charge >= 0.3 is 6.09 Å². The van der Waals surface area contributed by atoms with Crippen LogP contribution in [0.2, 0.25) is 0 Å². The molecule has 0 aliphatic carbocycles. The van der Waals surface area contributed by atoms with Gasteiger partial charge in [-0.3, -0.25) is 0 Å². The lowest BCUT2D eigenvalue weighted by Gasteiger charge is -2.22. The zero-order chi connectivity index (χ0) is 16.0. The van der Waals surface area contributed by atoms with Crippen LogP contribution in [0.25, 0.3) is 0 Å². The summed E-state index contributed by atoms with van der Waals surface area (Å²) in [6, 6.07) is 4.12. The normalized spacial score (nSPS) is 12.2. The first-order valence-electron chi connectivity index (χ1n) is 6.47. The fourth-order valence-electron chi connectivity index (χ4n) is 1.70. The van der Waals surface area contributed by atoms with E-state index in [9.17, 15) is 9.59 Å². The van der Waals surface area contributed by atoms with Gasteiger partial charge in [-0.2, -0.15) is 0 Å². The molecule has 21 heavy (non-hydrogen) atoms. The second kappa shape index (κ2) is 6.97. The predicted molar refractivity (Wildman–Crippen MR) is 77.7 cm³/mol. The number of hydrogen-bond donors (Lipinski definition) is 1. The third-order valence-electron chi connectivity index (χ3n) is 2.58. The molecule has 6 heteroatoms. The Bertz CT molecular complexity index is 507. The Labute approximate surface area is 124 Å². The van der Waals surface area contributed by atoms with E-state index in [0.29, 0.717) is 23.3 Å². The van der Waals surface area contributed by atoms with E-state index in [1.54, 1.807) is 39.0 Å². The third kappa shape index (κ3) is 4.98. The highest BCUT2D eigenvalue weighted by Crippen LogP contribution is 2.28. The maximum atomic E-state index is 11.8. The largest absolute Gasteiger partial charge is 0.497 e. The number of alkyl carbamates (subject to hydrolysis) is 1. The van der Waals surface area contributed by atoms with Gasteiger partial charge in [0.05, 0.1) is 14.2 Å². The van der Waals surface area contributed by atoms with Crippen LogP contribution in [0.5, 0.6) is 11.5 Å². The van der Waals surface area contributed by atoms with Gasteiger partial charge in [-0.15, -0.1) is 0 Å². The number of nitrogens with one attached hydrogen (secondary N) is 1. The zero-order valence-electron chi connectivity index (χ0n) is 12.9. The molecular weight excluding hydrogens is 274 g/mol. The maximum Gasteiger partial charge on any atom is 0.408 e. The van der Waals surface area contributed by atoms with Crippen molar-refractivity contribution >= 4 is 12.4 Å². The molecule has 1 amide bonds. The average molecular weight is 295 g/mol. The topological polar surface area (TPSA) is 73.9 Å². The minimum Gasteiger partial charge on any atom is -0.497 e. The van der Waals surface area contributed by atoms with Crippen LogP contribution in [0, 0.1) is 0 Å².